The molecule has 0 fully saturated rings. The molecule has 0 saturated carbocycles. The van der Waals surface area contributed by atoms with Crippen LogP contribution in [0.1, 0.15) is 15.9 Å². The van der Waals surface area contributed by atoms with E-state index in [4.69, 9.17) is 19.9 Å². The van der Waals surface area contributed by atoms with Crippen LogP contribution in [0.3, 0.4) is 0 Å². The maximum absolute atomic E-state index is 11.0. The molecule has 0 aliphatic carbocycles. The number of amides is 1. The molecule has 1 heterocycles. The average Bonchev–Trinajstić information content (AvgIpc) is 2.53. The van der Waals surface area contributed by atoms with Crippen LogP contribution in [-0.4, -0.2) is 19.1 Å². The van der Waals surface area contributed by atoms with Gasteiger partial charge in [-0.05, 0) is 36.4 Å². The molecule has 1 aliphatic rings. The molecule has 0 spiro atoms. The Morgan fingerprint density at radius 2 is 1.77 bits per heavy atom. The first-order chi connectivity index (χ1) is 10.6. The largest absolute Gasteiger partial charge is 0.489 e. The Kier molecular flexibility index (Phi) is 4.20. The molecule has 1 amide bonds. The van der Waals surface area contributed by atoms with Crippen molar-refractivity contribution in [3.05, 3.63) is 52.0 Å². The highest BCUT2D eigenvalue weighted by Crippen LogP contribution is 2.35. The fraction of sp³-hybridized carbons (Fsp3) is 0.188. The Balaban J connectivity index is 1.72. The minimum absolute atomic E-state index is 0.368. The second-order valence-corrected chi connectivity index (χ2v) is 5.62. The Labute approximate surface area is 136 Å². The summed E-state index contributed by atoms with van der Waals surface area (Å²) in [4.78, 5) is 11.0. The molecule has 6 heteroatoms. The van der Waals surface area contributed by atoms with Gasteiger partial charge in [-0.15, -0.1) is 0 Å². The van der Waals surface area contributed by atoms with Gasteiger partial charge in [0, 0.05) is 15.6 Å². The number of fused-ring (bicyclic) bond motifs is 1. The van der Waals surface area contributed by atoms with Crippen molar-refractivity contribution in [1.29, 1.82) is 0 Å². The Bertz CT molecular complexity index is 700. The smallest absolute Gasteiger partial charge is 0.248 e. The Hall–Kier alpha value is -2.21. The number of primary amides is 1. The minimum Gasteiger partial charge on any atom is -0.489 e. The lowest BCUT2D eigenvalue weighted by Gasteiger charge is -2.20. The van der Waals surface area contributed by atoms with Crippen LogP contribution in [0.25, 0.3) is 0 Å². The number of rotatable bonds is 4. The molecule has 3 rings (SSSR count). The van der Waals surface area contributed by atoms with Crippen molar-refractivity contribution in [2.24, 2.45) is 5.73 Å². The molecule has 0 bridgehead atoms. The lowest BCUT2D eigenvalue weighted by Crippen LogP contribution is -2.15. The molecule has 2 aromatic carbocycles. The SMILES string of the molecule is NC(=O)c1ccc(OCc2cc3c(cc2Br)OCCO3)cc1. The van der Waals surface area contributed by atoms with E-state index in [0.29, 0.717) is 31.1 Å². The predicted octanol–water partition coefficient (Wildman–Crippen LogP) is 2.90. The third kappa shape index (κ3) is 3.17. The number of ether oxygens (including phenoxy) is 3. The van der Waals surface area contributed by atoms with Gasteiger partial charge in [0.1, 0.15) is 25.6 Å². The summed E-state index contributed by atoms with van der Waals surface area (Å²) in [5, 5.41) is 0. The number of benzene rings is 2. The van der Waals surface area contributed by atoms with Crippen LogP contribution in [0.5, 0.6) is 17.2 Å². The molecule has 2 N–H and O–H groups in total. The summed E-state index contributed by atoms with van der Waals surface area (Å²) in [7, 11) is 0. The van der Waals surface area contributed by atoms with E-state index in [-0.39, 0.29) is 0 Å². The number of nitrogens with two attached hydrogens (primary N) is 1. The number of hydrogen-bond donors (Lipinski definition) is 1. The third-order valence-corrected chi connectivity index (χ3v) is 3.98. The van der Waals surface area contributed by atoms with Gasteiger partial charge < -0.3 is 19.9 Å². The van der Waals surface area contributed by atoms with E-state index in [1.807, 2.05) is 12.1 Å². The highest BCUT2D eigenvalue weighted by molar-refractivity contribution is 9.10. The summed E-state index contributed by atoms with van der Waals surface area (Å²) in [5.41, 5.74) is 6.60. The molecular weight excluding hydrogens is 350 g/mol. The van der Waals surface area contributed by atoms with Crippen molar-refractivity contribution in [1.82, 2.24) is 0 Å². The molecule has 22 heavy (non-hydrogen) atoms. The van der Waals surface area contributed by atoms with Crippen LogP contribution < -0.4 is 19.9 Å². The van der Waals surface area contributed by atoms with Gasteiger partial charge in [-0.2, -0.15) is 0 Å². The van der Waals surface area contributed by atoms with E-state index in [9.17, 15) is 4.79 Å². The summed E-state index contributed by atoms with van der Waals surface area (Å²) in [5.74, 6) is 1.65. The first kappa shape index (κ1) is 14.7. The van der Waals surface area contributed by atoms with E-state index in [2.05, 4.69) is 15.9 Å². The van der Waals surface area contributed by atoms with Gasteiger partial charge >= 0.3 is 0 Å². The Morgan fingerprint density at radius 3 is 2.41 bits per heavy atom. The molecule has 0 atom stereocenters. The second kappa shape index (κ2) is 6.27. The normalized spacial score (nSPS) is 12.8. The molecule has 0 unspecified atom stereocenters. The summed E-state index contributed by atoms with van der Waals surface area (Å²) in [6.07, 6.45) is 0. The van der Waals surface area contributed by atoms with Gasteiger partial charge in [-0.1, -0.05) is 15.9 Å². The molecule has 1 aliphatic heterocycles. The molecule has 5 nitrogen and oxygen atoms in total. The van der Waals surface area contributed by atoms with Crippen molar-refractivity contribution in [2.75, 3.05) is 13.2 Å². The van der Waals surface area contributed by atoms with Crippen LogP contribution in [0.15, 0.2) is 40.9 Å². The van der Waals surface area contributed by atoms with Crippen LogP contribution in [0.2, 0.25) is 0 Å². The highest BCUT2D eigenvalue weighted by Gasteiger charge is 2.15. The highest BCUT2D eigenvalue weighted by atomic mass is 79.9. The summed E-state index contributed by atoms with van der Waals surface area (Å²) in [6.45, 7) is 1.47. The fourth-order valence-corrected chi connectivity index (χ4v) is 2.53. The van der Waals surface area contributed by atoms with E-state index >= 15 is 0 Å². The van der Waals surface area contributed by atoms with Crippen molar-refractivity contribution >= 4 is 21.8 Å². The molecule has 0 aromatic heterocycles. The van der Waals surface area contributed by atoms with Gasteiger partial charge in [0.15, 0.2) is 11.5 Å². The number of carbonyl (C=O) groups is 1. The van der Waals surface area contributed by atoms with E-state index in [1.165, 1.54) is 0 Å². The topological polar surface area (TPSA) is 70.8 Å². The molecule has 0 saturated heterocycles. The van der Waals surface area contributed by atoms with Gasteiger partial charge in [0.2, 0.25) is 5.91 Å². The zero-order valence-electron chi connectivity index (χ0n) is 11.7. The lowest BCUT2D eigenvalue weighted by atomic mass is 10.2. The second-order valence-electron chi connectivity index (χ2n) is 4.76. The first-order valence-corrected chi connectivity index (χ1v) is 7.53. The quantitative estimate of drug-likeness (QED) is 0.906. The molecule has 2 aromatic rings. The maximum Gasteiger partial charge on any atom is 0.248 e. The Morgan fingerprint density at radius 1 is 1.14 bits per heavy atom. The van der Waals surface area contributed by atoms with Crippen molar-refractivity contribution < 1.29 is 19.0 Å². The van der Waals surface area contributed by atoms with Gasteiger partial charge in [0.05, 0.1) is 0 Å². The van der Waals surface area contributed by atoms with Gasteiger partial charge in [-0.3, -0.25) is 4.79 Å². The molecule has 114 valence electrons. The van der Waals surface area contributed by atoms with Crippen LogP contribution in [0, 0.1) is 0 Å². The van der Waals surface area contributed by atoms with Crippen LogP contribution in [-0.2, 0) is 6.61 Å². The van der Waals surface area contributed by atoms with Crippen LogP contribution in [0.4, 0.5) is 0 Å². The monoisotopic (exact) mass is 363 g/mol. The third-order valence-electron chi connectivity index (χ3n) is 3.24. The average molecular weight is 364 g/mol. The summed E-state index contributed by atoms with van der Waals surface area (Å²) >= 11 is 3.50. The lowest BCUT2D eigenvalue weighted by molar-refractivity contribution is 0.1000. The zero-order chi connectivity index (χ0) is 15.5. The minimum atomic E-state index is -0.457. The van der Waals surface area contributed by atoms with Crippen molar-refractivity contribution in [3.8, 4) is 17.2 Å². The van der Waals surface area contributed by atoms with E-state index in [1.54, 1.807) is 24.3 Å². The zero-order valence-corrected chi connectivity index (χ0v) is 13.3. The van der Waals surface area contributed by atoms with Crippen LogP contribution >= 0.6 is 15.9 Å². The number of hydrogen-bond acceptors (Lipinski definition) is 4. The molecular formula is C16H14BrNO4. The first-order valence-electron chi connectivity index (χ1n) is 6.74. The summed E-state index contributed by atoms with van der Waals surface area (Å²) < 4.78 is 17.7. The van der Waals surface area contributed by atoms with Crippen molar-refractivity contribution in [2.45, 2.75) is 6.61 Å². The number of halogens is 1. The standard InChI is InChI=1S/C16H14BrNO4/c17-13-8-15-14(20-5-6-21-15)7-11(13)9-22-12-3-1-10(2-4-12)16(18)19/h1-4,7-8H,5-6,9H2,(H2,18,19). The van der Waals surface area contributed by atoms with E-state index in [0.717, 1.165) is 21.5 Å². The van der Waals surface area contributed by atoms with Crippen molar-refractivity contribution in [3.63, 3.8) is 0 Å². The molecule has 0 radical (unpaired) electrons. The van der Waals surface area contributed by atoms with E-state index < -0.39 is 5.91 Å². The summed E-state index contributed by atoms with van der Waals surface area (Å²) in [6, 6.07) is 10.5. The number of carbonyl (C=O) groups excluding carboxylic acids is 1. The predicted molar refractivity (Wildman–Crippen MR) is 84.4 cm³/mol. The maximum atomic E-state index is 11.0. The van der Waals surface area contributed by atoms with Gasteiger partial charge in [-0.25, -0.2) is 0 Å². The fourth-order valence-electron chi connectivity index (χ4n) is 2.09. The van der Waals surface area contributed by atoms with Gasteiger partial charge in [0.25, 0.3) is 0 Å².